The highest BCUT2D eigenvalue weighted by Gasteiger charge is 2.33. The van der Waals surface area contributed by atoms with E-state index in [0.717, 1.165) is 5.56 Å². The predicted molar refractivity (Wildman–Crippen MR) is 98.8 cm³/mol. The summed E-state index contributed by atoms with van der Waals surface area (Å²) in [6, 6.07) is 9.85. The monoisotopic (exact) mass is 362 g/mol. The Hall–Kier alpha value is -2.41. The summed E-state index contributed by atoms with van der Waals surface area (Å²) in [5.41, 5.74) is 1.52. The molecule has 0 bridgehead atoms. The van der Waals surface area contributed by atoms with E-state index in [1.54, 1.807) is 4.90 Å². The summed E-state index contributed by atoms with van der Waals surface area (Å²) >= 11 is 1.39. The minimum atomic E-state index is -0.564. The summed E-state index contributed by atoms with van der Waals surface area (Å²) in [6.07, 6.45) is 1.86. The predicted octanol–water partition coefficient (Wildman–Crippen LogP) is 2.90. The van der Waals surface area contributed by atoms with Gasteiger partial charge < -0.3 is 18.9 Å². The van der Waals surface area contributed by atoms with Gasteiger partial charge in [0.15, 0.2) is 0 Å². The van der Waals surface area contributed by atoms with E-state index in [2.05, 4.69) is 0 Å². The number of ether oxygens (including phenoxy) is 2. The molecule has 0 aliphatic carbocycles. The van der Waals surface area contributed by atoms with Gasteiger partial charge in [0.25, 0.3) is 0 Å². The van der Waals surface area contributed by atoms with Crippen LogP contribution < -0.4 is 4.90 Å². The topological polar surface area (TPSA) is 60.8 Å². The molecule has 0 aliphatic rings. The van der Waals surface area contributed by atoms with Crippen LogP contribution in [0.2, 0.25) is 0 Å². The Labute approximate surface area is 151 Å². The largest absolute Gasteiger partial charge is 0.465 e. The van der Waals surface area contributed by atoms with Gasteiger partial charge in [0.1, 0.15) is 16.9 Å². The number of thioether (sulfide) groups is 1. The van der Waals surface area contributed by atoms with Crippen LogP contribution in [0, 0.1) is 0 Å². The van der Waals surface area contributed by atoms with Gasteiger partial charge in [-0.2, -0.15) is 0 Å². The van der Waals surface area contributed by atoms with Crippen molar-refractivity contribution in [1.82, 2.24) is 4.57 Å². The molecule has 2 rings (SSSR count). The number of aromatic nitrogens is 1. The number of esters is 2. The molecular formula is C18H22N2O4S. The number of benzene rings is 1. The number of methoxy groups -OCH3 is 2. The lowest BCUT2D eigenvalue weighted by Crippen LogP contribution is -2.19. The lowest BCUT2D eigenvalue weighted by atomic mass is 10.2. The summed E-state index contributed by atoms with van der Waals surface area (Å²) < 4.78 is 11.8. The first kappa shape index (κ1) is 18.9. The second kappa shape index (κ2) is 8.11. The van der Waals surface area contributed by atoms with E-state index < -0.39 is 11.9 Å². The highest BCUT2D eigenvalue weighted by atomic mass is 32.2. The van der Waals surface area contributed by atoms with Gasteiger partial charge in [0, 0.05) is 14.1 Å². The van der Waals surface area contributed by atoms with Gasteiger partial charge in [0.2, 0.25) is 0 Å². The zero-order chi connectivity index (χ0) is 18.6. The fourth-order valence-electron chi connectivity index (χ4n) is 2.76. The molecule has 6 nitrogen and oxygen atoms in total. The highest BCUT2D eigenvalue weighted by Crippen LogP contribution is 2.36. The van der Waals surface area contributed by atoms with Gasteiger partial charge in [-0.25, -0.2) is 9.59 Å². The molecule has 1 heterocycles. The maximum Gasteiger partial charge on any atom is 0.342 e. The summed E-state index contributed by atoms with van der Waals surface area (Å²) in [6.45, 7) is 0.519. The van der Waals surface area contributed by atoms with Crippen LogP contribution in [-0.4, -0.2) is 51.1 Å². The van der Waals surface area contributed by atoms with Crippen molar-refractivity contribution in [1.29, 1.82) is 0 Å². The van der Waals surface area contributed by atoms with Crippen molar-refractivity contribution in [2.45, 2.75) is 11.6 Å². The first-order valence-electron chi connectivity index (χ1n) is 7.64. The average Bonchev–Trinajstić information content (AvgIpc) is 2.95. The highest BCUT2D eigenvalue weighted by molar-refractivity contribution is 7.98. The Morgan fingerprint density at radius 3 is 2.08 bits per heavy atom. The number of nitrogens with zero attached hydrogens (tertiary/aromatic N) is 2. The summed E-state index contributed by atoms with van der Waals surface area (Å²) in [4.78, 5) is 26.6. The molecule has 2 aromatic rings. The fraction of sp³-hybridized carbons (Fsp3) is 0.333. The number of hydrogen-bond acceptors (Lipinski definition) is 6. The molecule has 0 saturated carbocycles. The van der Waals surface area contributed by atoms with E-state index in [1.165, 1.54) is 26.0 Å². The molecule has 0 aliphatic heterocycles. The molecule has 25 heavy (non-hydrogen) atoms. The maximum absolute atomic E-state index is 12.4. The first-order chi connectivity index (χ1) is 12.0. The van der Waals surface area contributed by atoms with Crippen LogP contribution in [0.4, 0.5) is 5.82 Å². The lowest BCUT2D eigenvalue weighted by molar-refractivity contribution is 0.0554. The molecule has 134 valence electrons. The zero-order valence-electron chi connectivity index (χ0n) is 15.0. The first-order valence-corrected chi connectivity index (χ1v) is 8.87. The number of carbonyl (C=O) groups is 2. The molecule has 0 amide bonds. The minimum absolute atomic E-state index is 0.222. The van der Waals surface area contributed by atoms with E-state index >= 15 is 0 Å². The van der Waals surface area contributed by atoms with Crippen molar-refractivity contribution in [3.05, 3.63) is 47.0 Å². The van der Waals surface area contributed by atoms with Crippen molar-refractivity contribution < 1.29 is 19.1 Å². The Morgan fingerprint density at radius 2 is 1.60 bits per heavy atom. The van der Waals surface area contributed by atoms with Gasteiger partial charge in [-0.05, 0) is 11.8 Å². The van der Waals surface area contributed by atoms with Gasteiger partial charge in [-0.3, -0.25) is 0 Å². The van der Waals surface area contributed by atoms with E-state index in [9.17, 15) is 9.59 Å². The van der Waals surface area contributed by atoms with Crippen LogP contribution in [0.25, 0.3) is 0 Å². The van der Waals surface area contributed by atoms with E-state index in [-0.39, 0.29) is 11.1 Å². The van der Waals surface area contributed by atoms with Crippen LogP contribution in [0.3, 0.4) is 0 Å². The van der Waals surface area contributed by atoms with Crippen LogP contribution in [0.1, 0.15) is 26.3 Å². The molecule has 0 fully saturated rings. The fourth-order valence-corrected chi connectivity index (χ4v) is 3.52. The third-order valence-corrected chi connectivity index (χ3v) is 4.58. The zero-order valence-corrected chi connectivity index (χ0v) is 15.8. The second-order valence-corrected chi connectivity index (χ2v) is 6.33. The van der Waals surface area contributed by atoms with E-state index in [4.69, 9.17) is 9.47 Å². The quantitative estimate of drug-likeness (QED) is 0.582. The molecule has 0 atom stereocenters. The molecule has 0 saturated heterocycles. The van der Waals surface area contributed by atoms with Crippen molar-refractivity contribution in [3.8, 4) is 0 Å². The third-order valence-electron chi connectivity index (χ3n) is 3.77. The number of hydrogen-bond donors (Lipinski definition) is 0. The SMILES string of the molecule is COC(=O)c1c(C(=O)OC)c(N(C)C)n(Cc2ccccc2)c1SC. The average molecular weight is 362 g/mol. The molecule has 0 N–H and O–H groups in total. The van der Waals surface area contributed by atoms with Crippen LogP contribution in [0.5, 0.6) is 0 Å². The second-order valence-electron chi connectivity index (χ2n) is 5.53. The van der Waals surface area contributed by atoms with Crippen LogP contribution >= 0.6 is 11.8 Å². The van der Waals surface area contributed by atoms with Crippen molar-refractivity contribution in [2.75, 3.05) is 39.5 Å². The number of anilines is 1. The Bertz CT molecular complexity index is 769. The molecule has 0 radical (unpaired) electrons. The van der Waals surface area contributed by atoms with Crippen LogP contribution in [0.15, 0.2) is 35.4 Å². The van der Waals surface area contributed by atoms with Gasteiger partial charge in [-0.15, -0.1) is 11.8 Å². The number of rotatable bonds is 6. The Morgan fingerprint density at radius 1 is 1.04 bits per heavy atom. The summed E-state index contributed by atoms with van der Waals surface area (Å²) in [5.74, 6) is -0.508. The third kappa shape index (κ3) is 3.66. The Kier molecular flexibility index (Phi) is 6.14. The Balaban J connectivity index is 2.77. The molecule has 1 aromatic heterocycles. The molecule has 7 heteroatoms. The molecule has 1 aromatic carbocycles. The van der Waals surface area contributed by atoms with Gasteiger partial charge >= 0.3 is 11.9 Å². The van der Waals surface area contributed by atoms with Crippen LogP contribution in [-0.2, 0) is 16.0 Å². The molecule has 0 unspecified atom stereocenters. The van der Waals surface area contributed by atoms with E-state index in [1.807, 2.05) is 55.3 Å². The summed E-state index contributed by atoms with van der Waals surface area (Å²) in [5, 5.41) is 0.666. The number of carbonyl (C=O) groups excluding carboxylic acids is 2. The van der Waals surface area contributed by atoms with Crippen molar-refractivity contribution in [3.63, 3.8) is 0 Å². The summed E-state index contributed by atoms with van der Waals surface area (Å²) in [7, 11) is 6.26. The molecule has 0 spiro atoms. The van der Waals surface area contributed by atoms with Gasteiger partial charge in [0.05, 0.1) is 25.8 Å². The maximum atomic E-state index is 12.4. The van der Waals surface area contributed by atoms with Crippen molar-refractivity contribution >= 4 is 29.5 Å². The smallest absolute Gasteiger partial charge is 0.342 e. The minimum Gasteiger partial charge on any atom is -0.465 e. The lowest BCUT2D eigenvalue weighted by Gasteiger charge is -2.19. The standard InChI is InChI=1S/C18H22N2O4S/c1-19(2)15-13(17(21)23-3)14(18(22)24-4)16(25-5)20(15)11-12-9-7-6-8-10-12/h6-10H,11H2,1-5H3. The van der Waals surface area contributed by atoms with E-state index in [0.29, 0.717) is 17.4 Å². The van der Waals surface area contributed by atoms with Gasteiger partial charge in [-0.1, -0.05) is 30.3 Å². The molecular weight excluding hydrogens is 340 g/mol. The normalized spacial score (nSPS) is 10.4. The van der Waals surface area contributed by atoms with Crippen molar-refractivity contribution in [2.24, 2.45) is 0 Å².